The van der Waals surface area contributed by atoms with Crippen LogP contribution in [0.15, 0.2) is 54.2 Å². The van der Waals surface area contributed by atoms with Gasteiger partial charge < -0.3 is 14.5 Å². The number of rotatable bonds is 9. The molecule has 0 fully saturated rings. The van der Waals surface area contributed by atoms with Crippen molar-refractivity contribution < 1.29 is 14.7 Å². The molecule has 6 nitrogen and oxygen atoms in total. The average molecular weight is 301 g/mol. The van der Waals surface area contributed by atoms with Crippen LogP contribution >= 0.6 is 0 Å². The molecule has 1 aromatic heterocycles. The number of carboxylic acids is 1. The highest BCUT2D eigenvalue weighted by atomic mass is 16.6. The number of hydrogen-bond acceptors (Lipinski definition) is 4. The first-order valence-corrected chi connectivity index (χ1v) is 7.17. The van der Waals surface area contributed by atoms with Crippen LogP contribution in [0.25, 0.3) is 0 Å². The van der Waals surface area contributed by atoms with Gasteiger partial charge in [0.2, 0.25) is 0 Å². The van der Waals surface area contributed by atoms with Crippen molar-refractivity contribution >= 4 is 11.7 Å². The van der Waals surface area contributed by atoms with Crippen molar-refractivity contribution in [3.05, 3.63) is 54.6 Å². The maximum atomic E-state index is 10.4. The van der Waals surface area contributed by atoms with Crippen molar-refractivity contribution in [3.8, 4) is 0 Å². The Balaban J connectivity index is 1.92. The minimum absolute atomic E-state index is 0.160. The summed E-state index contributed by atoms with van der Waals surface area (Å²) in [5.41, 5.74) is 1.79. The normalized spacial score (nSPS) is 11.4. The molecule has 2 aromatic rings. The Kier molecular flexibility index (Phi) is 6.17. The summed E-state index contributed by atoms with van der Waals surface area (Å²) in [5.74, 6) is -0.784. The zero-order chi connectivity index (χ0) is 15.6. The van der Waals surface area contributed by atoms with E-state index in [1.807, 2.05) is 41.1 Å². The molecule has 0 amide bonds. The predicted octanol–water partition coefficient (Wildman–Crippen LogP) is 2.56. The van der Waals surface area contributed by atoms with E-state index in [1.54, 1.807) is 12.5 Å². The second-order valence-electron chi connectivity index (χ2n) is 4.82. The van der Waals surface area contributed by atoms with Crippen molar-refractivity contribution in [2.24, 2.45) is 5.16 Å². The van der Waals surface area contributed by atoms with Crippen molar-refractivity contribution in [3.63, 3.8) is 0 Å². The molecule has 1 heterocycles. The largest absolute Gasteiger partial charge is 0.481 e. The van der Waals surface area contributed by atoms with Gasteiger partial charge >= 0.3 is 5.97 Å². The monoisotopic (exact) mass is 301 g/mol. The second kappa shape index (κ2) is 8.61. The molecule has 116 valence electrons. The van der Waals surface area contributed by atoms with Crippen LogP contribution in [0.5, 0.6) is 0 Å². The quantitative estimate of drug-likeness (QED) is 0.439. The number of carbonyl (C=O) groups is 1. The molecule has 0 radical (unpaired) electrons. The minimum atomic E-state index is -0.784. The summed E-state index contributed by atoms with van der Waals surface area (Å²) < 4.78 is 1.92. The highest BCUT2D eigenvalue weighted by molar-refractivity contribution is 6.00. The fraction of sp³-hybridized carbons (Fsp3) is 0.312. The van der Waals surface area contributed by atoms with Crippen LogP contribution in [-0.2, 0) is 16.2 Å². The number of aromatic nitrogens is 2. The van der Waals surface area contributed by atoms with Gasteiger partial charge in [0.1, 0.15) is 12.3 Å². The third-order valence-corrected chi connectivity index (χ3v) is 3.05. The maximum absolute atomic E-state index is 10.4. The highest BCUT2D eigenvalue weighted by Gasteiger charge is 2.05. The van der Waals surface area contributed by atoms with Gasteiger partial charge in [-0.05, 0) is 12.8 Å². The Morgan fingerprint density at radius 2 is 2.09 bits per heavy atom. The molecular weight excluding hydrogens is 282 g/mol. The van der Waals surface area contributed by atoms with E-state index in [4.69, 9.17) is 9.94 Å². The van der Waals surface area contributed by atoms with Crippen molar-refractivity contribution in [2.75, 3.05) is 6.61 Å². The summed E-state index contributed by atoms with van der Waals surface area (Å²) in [6, 6.07) is 9.80. The van der Waals surface area contributed by atoms with E-state index in [2.05, 4.69) is 10.1 Å². The number of benzene rings is 1. The summed E-state index contributed by atoms with van der Waals surface area (Å²) in [5, 5.41) is 12.8. The van der Waals surface area contributed by atoms with Gasteiger partial charge in [-0.25, -0.2) is 4.98 Å². The van der Waals surface area contributed by atoms with Crippen LogP contribution in [0.4, 0.5) is 0 Å². The van der Waals surface area contributed by atoms with E-state index in [1.165, 1.54) is 0 Å². The van der Waals surface area contributed by atoms with Gasteiger partial charge in [-0.3, -0.25) is 4.79 Å². The summed E-state index contributed by atoms with van der Waals surface area (Å²) in [6.45, 7) is 0.979. The van der Waals surface area contributed by atoms with Crippen LogP contribution < -0.4 is 0 Å². The fourth-order valence-electron chi connectivity index (χ4n) is 1.92. The molecule has 0 saturated heterocycles. The second-order valence-corrected chi connectivity index (χ2v) is 4.82. The standard InChI is InChI=1S/C16H19N3O3/c20-16(21)8-4-5-11-22-18-15(12-19-10-9-17-13-19)14-6-2-1-3-7-14/h1-3,6-7,9-10,13H,4-5,8,11-12H2,(H,20,21). The molecule has 0 saturated carbocycles. The van der Waals surface area contributed by atoms with E-state index in [-0.39, 0.29) is 6.42 Å². The van der Waals surface area contributed by atoms with Crippen molar-refractivity contribution in [2.45, 2.75) is 25.8 Å². The topological polar surface area (TPSA) is 76.7 Å². The SMILES string of the molecule is O=C(O)CCCCON=C(Cn1ccnc1)c1ccccc1. The lowest BCUT2D eigenvalue weighted by molar-refractivity contribution is -0.137. The molecular formula is C16H19N3O3. The van der Waals surface area contributed by atoms with E-state index < -0.39 is 5.97 Å². The molecule has 6 heteroatoms. The Labute approximate surface area is 129 Å². The molecule has 0 atom stereocenters. The van der Waals surface area contributed by atoms with Crippen LogP contribution in [0, 0.1) is 0 Å². The average Bonchev–Trinajstić information content (AvgIpc) is 3.03. The zero-order valence-electron chi connectivity index (χ0n) is 12.3. The molecule has 1 aromatic carbocycles. The van der Waals surface area contributed by atoms with Crippen LogP contribution in [-0.4, -0.2) is 32.9 Å². The van der Waals surface area contributed by atoms with Gasteiger partial charge in [0, 0.05) is 24.4 Å². The van der Waals surface area contributed by atoms with Gasteiger partial charge in [-0.15, -0.1) is 0 Å². The highest BCUT2D eigenvalue weighted by Crippen LogP contribution is 2.05. The summed E-state index contributed by atoms with van der Waals surface area (Å²) in [7, 11) is 0. The molecule has 22 heavy (non-hydrogen) atoms. The molecule has 1 N–H and O–H groups in total. The van der Waals surface area contributed by atoms with Gasteiger partial charge in [0.25, 0.3) is 0 Å². The molecule has 2 rings (SSSR count). The maximum Gasteiger partial charge on any atom is 0.303 e. The number of unbranched alkanes of at least 4 members (excludes halogenated alkanes) is 1. The van der Waals surface area contributed by atoms with Gasteiger partial charge in [-0.1, -0.05) is 35.5 Å². The Morgan fingerprint density at radius 1 is 1.27 bits per heavy atom. The number of nitrogens with zero attached hydrogens (tertiary/aromatic N) is 3. The summed E-state index contributed by atoms with van der Waals surface area (Å²) >= 11 is 0. The van der Waals surface area contributed by atoms with Gasteiger partial charge in [0.05, 0.1) is 12.9 Å². The number of carboxylic acid groups (broad SMARTS) is 1. The first-order valence-electron chi connectivity index (χ1n) is 7.17. The fourth-order valence-corrected chi connectivity index (χ4v) is 1.92. The number of hydrogen-bond donors (Lipinski definition) is 1. The summed E-state index contributed by atoms with van der Waals surface area (Å²) in [6.07, 6.45) is 6.73. The molecule has 0 aliphatic heterocycles. The third kappa shape index (κ3) is 5.40. The first-order chi connectivity index (χ1) is 10.8. The molecule has 0 bridgehead atoms. The van der Waals surface area contributed by atoms with E-state index in [0.29, 0.717) is 26.0 Å². The third-order valence-electron chi connectivity index (χ3n) is 3.05. The van der Waals surface area contributed by atoms with Crippen LogP contribution in [0.3, 0.4) is 0 Å². The number of imidazole rings is 1. The van der Waals surface area contributed by atoms with E-state index >= 15 is 0 Å². The van der Waals surface area contributed by atoms with E-state index in [9.17, 15) is 4.79 Å². The Bertz CT molecular complexity index is 594. The number of oxime groups is 1. The van der Waals surface area contributed by atoms with Gasteiger partial charge in [0.15, 0.2) is 0 Å². The van der Waals surface area contributed by atoms with Gasteiger partial charge in [-0.2, -0.15) is 0 Å². The molecule has 0 unspecified atom stereocenters. The minimum Gasteiger partial charge on any atom is -0.481 e. The zero-order valence-corrected chi connectivity index (χ0v) is 12.3. The number of aliphatic carboxylic acids is 1. The predicted molar refractivity (Wildman–Crippen MR) is 82.6 cm³/mol. The first kappa shape index (κ1) is 15.8. The lowest BCUT2D eigenvalue weighted by atomic mass is 10.1. The van der Waals surface area contributed by atoms with Crippen LogP contribution in [0.2, 0.25) is 0 Å². The molecule has 0 spiro atoms. The molecule has 0 aliphatic rings. The lowest BCUT2D eigenvalue weighted by Crippen LogP contribution is -2.11. The Morgan fingerprint density at radius 3 is 2.77 bits per heavy atom. The van der Waals surface area contributed by atoms with Crippen LogP contribution in [0.1, 0.15) is 24.8 Å². The Hall–Kier alpha value is -2.63. The van der Waals surface area contributed by atoms with E-state index in [0.717, 1.165) is 11.3 Å². The van der Waals surface area contributed by atoms with Crippen molar-refractivity contribution in [1.82, 2.24) is 9.55 Å². The molecule has 0 aliphatic carbocycles. The smallest absolute Gasteiger partial charge is 0.303 e. The lowest BCUT2D eigenvalue weighted by Gasteiger charge is -2.08. The van der Waals surface area contributed by atoms with Crippen molar-refractivity contribution in [1.29, 1.82) is 0 Å². The summed E-state index contributed by atoms with van der Waals surface area (Å²) in [4.78, 5) is 19.8.